The fourth-order valence-electron chi connectivity index (χ4n) is 4.00. The fraction of sp³-hybridized carbons (Fsp3) is 0.682. The highest BCUT2D eigenvalue weighted by Crippen LogP contribution is 2.36. The third-order valence-electron chi connectivity index (χ3n) is 5.92. The van der Waals surface area contributed by atoms with E-state index in [9.17, 15) is 4.79 Å². The molecule has 1 heterocycles. The number of ether oxygens (including phenoxy) is 2. The molecule has 5 heteroatoms. The number of nitrogens with two attached hydrogens (primary N) is 1. The average molecular weight is 442 g/mol. The first-order valence-electron chi connectivity index (χ1n) is 10.2. The van der Waals surface area contributed by atoms with E-state index in [1.807, 2.05) is 18.2 Å². The SMILES string of the molecule is Br.CCCCCC(C(CC)Oc1ccc2c(c1)OCC2=O)C(N)(CC)CC. The van der Waals surface area contributed by atoms with E-state index in [1.54, 1.807) is 0 Å². The van der Waals surface area contributed by atoms with Crippen LogP contribution in [0.1, 0.15) is 83.0 Å². The van der Waals surface area contributed by atoms with Gasteiger partial charge in [-0.15, -0.1) is 17.0 Å². The van der Waals surface area contributed by atoms with E-state index in [-0.39, 0.29) is 41.0 Å². The van der Waals surface area contributed by atoms with E-state index in [0.29, 0.717) is 17.2 Å². The highest BCUT2D eigenvalue weighted by molar-refractivity contribution is 8.93. The molecule has 1 aliphatic rings. The van der Waals surface area contributed by atoms with Crippen LogP contribution in [0.25, 0.3) is 0 Å². The Balaban J connectivity index is 0.00000364. The molecule has 2 N–H and O–H groups in total. The Morgan fingerprint density at radius 3 is 2.48 bits per heavy atom. The quantitative estimate of drug-likeness (QED) is 0.446. The molecule has 0 spiro atoms. The number of rotatable bonds is 11. The second-order valence-corrected chi connectivity index (χ2v) is 7.48. The van der Waals surface area contributed by atoms with Gasteiger partial charge in [-0.3, -0.25) is 4.79 Å². The molecule has 1 aromatic rings. The molecule has 4 nitrogen and oxygen atoms in total. The Kier molecular flexibility index (Phi) is 9.82. The van der Waals surface area contributed by atoms with E-state index in [0.717, 1.165) is 31.4 Å². The van der Waals surface area contributed by atoms with Gasteiger partial charge in [0.15, 0.2) is 6.61 Å². The van der Waals surface area contributed by atoms with Crippen LogP contribution < -0.4 is 15.2 Å². The predicted octanol–water partition coefficient (Wildman–Crippen LogP) is 5.71. The van der Waals surface area contributed by atoms with Gasteiger partial charge in [-0.25, -0.2) is 0 Å². The van der Waals surface area contributed by atoms with Gasteiger partial charge in [0.1, 0.15) is 17.6 Å². The van der Waals surface area contributed by atoms with Crippen LogP contribution in [0.3, 0.4) is 0 Å². The number of benzene rings is 1. The maximum atomic E-state index is 11.7. The monoisotopic (exact) mass is 441 g/mol. The minimum Gasteiger partial charge on any atom is -0.490 e. The van der Waals surface area contributed by atoms with Crippen LogP contribution in [0.15, 0.2) is 18.2 Å². The Bertz CT molecular complexity index is 601. The van der Waals surface area contributed by atoms with Gasteiger partial charge in [0.25, 0.3) is 0 Å². The van der Waals surface area contributed by atoms with Crippen LogP contribution in [-0.4, -0.2) is 24.0 Å². The zero-order valence-electron chi connectivity index (χ0n) is 17.3. The van der Waals surface area contributed by atoms with E-state index in [4.69, 9.17) is 15.2 Å². The van der Waals surface area contributed by atoms with Crippen LogP contribution in [-0.2, 0) is 0 Å². The van der Waals surface area contributed by atoms with Gasteiger partial charge in [0, 0.05) is 17.5 Å². The zero-order valence-corrected chi connectivity index (χ0v) is 19.0. The van der Waals surface area contributed by atoms with Crippen molar-refractivity contribution < 1.29 is 14.3 Å². The normalized spacial score (nSPS) is 15.5. The topological polar surface area (TPSA) is 61.5 Å². The summed E-state index contributed by atoms with van der Waals surface area (Å²) in [7, 11) is 0. The molecule has 0 fully saturated rings. The van der Waals surface area contributed by atoms with Crippen LogP contribution in [0.2, 0.25) is 0 Å². The number of fused-ring (bicyclic) bond motifs is 1. The highest BCUT2D eigenvalue weighted by Gasteiger charge is 2.37. The van der Waals surface area contributed by atoms with E-state index >= 15 is 0 Å². The molecular weight excluding hydrogens is 406 g/mol. The highest BCUT2D eigenvalue weighted by atomic mass is 79.9. The summed E-state index contributed by atoms with van der Waals surface area (Å²) in [5.74, 6) is 1.74. The largest absolute Gasteiger partial charge is 0.490 e. The molecule has 0 radical (unpaired) electrons. The molecule has 2 atom stereocenters. The zero-order chi connectivity index (χ0) is 19.2. The molecule has 0 amide bonds. The van der Waals surface area contributed by atoms with E-state index < -0.39 is 0 Å². The standard InChI is InChI=1S/C22H35NO3.BrH/c1-5-9-10-11-18(22(23,7-3)8-4)20(6-2)26-16-12-13-17-19(24)15-25-21(17)14-16;/h12-14,18,20H,5-11,15,23H2,1-4H3;1H. The van der Waals surface area contributed by atoms with Gasteiger partial charge in [-0.2, -0.15) is 0 Å². The summed E-state index contributed by atoms with van der Waals surface area (Å²) < 4.78 is 11.9. The van der Waals surface area contributed by atoms with Crippen molar-refractivity contribution >= 4 is 22.8 Å². The number of hydrogen-bond acceptors (Lipinski definition) is 4. The molecule has 0 saturated heterocycles. The first-order valence-corrected chi connectivity index (χ1v) is 10.2. The first kappa shape index (κ1) is 24.0. The van der Waals surface area contributed by atoms with Gasteiger partial charge >= 0.3 is 0 Å². The summed E-state index contributed by atoms with van der Waals surface area (Å²) in [5.41, 5.74) is 7.25. The van der Waals surface area contributed by atoms with Crippen molar-refractivity contribution in [3.8, 4) is 11.5 Å². The van der Waals surface area contributed by atoms with Gasteiger partial charge < -0.3 is 15.2 Å². The smallest absolute Gasteiger partial charge is 0.203 e. The minimum atomic E-state index is -0.211. The second kappa shape index (κ2) is 11.1. The lowest BCUT2D eigenvalue weighted by molar-refractivity contribution is 0.0625. The molecule has 0 bridgehead atoms. The molecule has 1 aliphatic heterocycles. The van der Waals surface area contributed by atoms with Crippen molar-refractivity contribution in [3.05, 3.63) is 23.8 Å². The maximum Gasteiger partial charge on any atom is 0.203 e. The van der Waals surface area contributed by atoms with E-state index in [1.165, 1.54) is 19.3 Å². The van der Waals surface area contributed by atoms with Crippen molar-refractivity contribution in [1.82, 2.24) is 0 Å². The Hall–Kier alpha value is -1.07. The van der Waals surface area contributed by atoms with Gasteiger partial charge in [-0.05, 0) is 37.8 Å². The lowest BCUT2D eigenvalue weighted by atomic mass is 9.73. The number of unbranched alkanes of at least 4 members (excludes halogenated alkanes) is 2. The summed E-state index contributed by atoms with van der Waals surface area (Å²) in [6.45, 7) is 8.88. The van der Waals surface area contributed by atoms with Gasteiger partial charge in [0.05, 0.1) is 5.56 Å². The third kappa shape index (κ3) is 5.71. The Labute approximate surface area is 175 Å². The summed E-state index contributed by atoms with van der Waals surface area (Å²) in [6.07, 6.45) is 7.57. The Morgan fingerprint density at radius 1 is 1.19 bits per heavy atom. The summed E-state index contributed by atoms with van der Waals surface area (Å²) in [5, 5.41) is 0. The summed E-state index contributed by atoms with van der Waals surface area (Å²) in [4.78, 5) is 11.7. The van der Waals surface area contributed by atoms with Crippen molar-refractivity contribution in [3.63, 3.8) is 0 Å². The maximum absolute atomic E-state index is 11.7. The average Bonchev–Trinajstić information content (AvgIpc) is 3.03. The predicted molar refractivity (Wildman–Crippen MR) is 116 cm³/mol. The molecule has 1 aromatic carbocycles. The summed E-state index contributed by atoms with van der Waals surface area (Å²) >= 11 is 0. The van der Waals surface area contributed by atoms with Gasteiger partial charge in [0.2, 0.25) is 5.78 Å². The second-order valence-electron chi connectivity index (χ2n) is 7.48. The molecule has 27 heavy (non-hydrogen) atoms. The molecule has 154 valence electrons. The van der Waals surface area contributed by atoms with Gasteiger partial charge in [-0.1, -0.05) is 47.0 Å². The number of Topliss-reactive ketones (excluding diaryl/α,β-unsaturated/α-hetero) is 1. The van der Waals surface area contributed by atoms with Crippen molar-refractivity contribution in [1.29, 1.82) is 0 Å². The van der Waals surface area contributed by atoms with Crippen molar-refractivity contribution in [2.45, 2.75) is 84.3 Å². The van der Waals surface area contributed by atoms with Crippen molar-refractivity contribution in [2.24, 2.45) is 11.7 Å². The third-order valence-corrected chi connectivity index (χ3v) is 5.92. The number of ketones is 1. The molecule has 0 aliphatic carbocycles. The van der Waals surface area contributed by atoms with E-state index in [2.05, 4.69) is 27.7 Å². The summed E-state index contributed by atoms with van der Waals surface area (Å²) in [6, 6.07) is 5.55. The fourth-order valence-corrected chi connectivity index (χ4v) is 4.00. The van der Waals surface area contributed by atoms with Crippen LogP contribution in [0.4, 0.5) is 0 Å². The van der Waals surface area contributed by atoms with Crippen LogP contribution >= 0.6 is 17.0 Å². The number of halogens is 1. The minimum absolute atomic E-state index is 0. The molecule has 2 unspecified atom stereocenters. The lowest BCUT2D eigenvalue weighted by Gasteiger charge is -2.41. The molecular formula is C22H36BrNO3. The van der Waals surface area contributed by atoms with Crippen LogP contribution in [0, 0.1) is 5.92 Å². The first-order chi connectivity index (χ1) is 12.5. The lowest BCUT2D eigenvalue weighted by Crippen LogP contribution is -2.52. The number of carbonyl (C=O) groups excluding carboxylic acids is 1. The van der Waals surface area contributed by atoms with Crippen molar-refractivity contribution in [2.75, 3.05) is 6.61 Å². The molecule has 0 aromatic heterocycles. The number of hydrogen-bond donors (Lipinski definition) is 1. The number of carbonyl (C=O) groups is 1. The van der Waals surface area contributed by atoms with Crippen LogP contribution in [0.5, 0.6) is 11.5 Å². The molecule has 0 saturated carbocycles. The molecule has 2 rings (SSSR count). The Morgan fingerprint density at radius 2 is 1.89 bits per heavy atom.